The fraction of sp³-hybridized carbons (Fsp3) is 0.250. The number of carboxylic acids is 1. The van der Waals surface area contributed by atoms with E-state index in [1.54, 1.807) is 0 Å². The summed E-state index contributed by atoms with van der Waals surface area (Å²) in [6.07, 6.45) is 0.444. The van der Waals surface area contributed by atoms with Crippen LogP contribution in [-0.4, -0.2) is 39.7 Å². The zero-order chi connectivity index (χ0) is 26.9. The molecule has 37 heavy (non-hydrogen) atoms. The highest BCUT2D eigenvalue weighted by atomic mass is 16.4. The third-order valence-electron chi connectivity index (χ3n) is 6.00. The van der Waals surface area contributed by atoms with Gasteiger partial charge in [0.2, 0.25) is 5.91 Å². The van der Waals surface area contributed by atoms with Crippen molar-refractivity contribution >= 4 is 29.6 Å². The number of hydrogen-bond acceptors (Lipinski definition) is 6. The number of carbonyl (C=O) groups excluding carboxylic acids is 3. The van der Waals surface area contributed by atoms with E-state index in [0.29, 0.717) is 18.4 Å². The molecule has 1 heterocycles. The van der Waals surface area contributed by atoms with Crippen LogP contribution < -0.4 is 16.6 Å². The smallest absolute Gasteiger partial charge is 0.305 e. The molecule has 0 bridgehead atoms. The van der Waals surface area contributed by atoms with Crippen molar-refractivity contribution < 1.29 is 24.3 Å². The minimum absolute atomic E-state index is 0.0227. The van der Waals surface area contributed by atoms with Gasteiger partial charge in [0.15, 0.2) is 5.78 Å². The summed E-state index contributed by atoms with van der Waals surface area (Å²) in [6, 6.07) is 17.7. The van der Waals surface area contributed by atoms with Crippen molar-refractivity contribution in [2.75, 3.05) is 5.73 Å². The summed E-state index contributed by atoms with van der Waals surface area (Å²) < 4.78 is 1.19. The van der Waals surface area contributed by atoms with Gasteiger partial charge in [-0.1, -0.05) is 60.7 Å². The third-order valence-corrected chi connectivity index (χ3v) is 6.00. The van der Waals surface area contributed by atoms with Crippen LogP contribution in [0.15, 0.2) is 71.5 Å². The molecule has 9 nitrogen and oxygen atoms in total. The van der Waals surface area contributed by atoms with Gasteiger partial charge in [-0.25, -0.2) is 0 Å². The zero-order valence-electron chi connectivity index (χ0n) is 20.4. The van der Waals surface area contributed by atoms with Gasteiger partial charge in [-0.15, -0.1) is 0 Å². The van der Waals surface area contributed by atoms with E-state index in [2.05, 4.69) is 5.32 Å². The molecule has 1 amide bonds. The largest absolute Gasteiger partial charge is 0.481 e. The second-order valence-corrected chi connectivity index (χ2v) is 8.74. The first-order valence-electron chi connectivity index (χ1n) is 11.8. The quantitative estimate of drug-likeness (QED) is 0.254. The second kappa shape index (κ2) is 12.4. The molecule has 9 heteroatoms. The summed E-state index contributed by atoms with van der Waals surface area (Å²) in [4.78, 5) is 62.0. The molecule has 0 saturated carbocycles. The number of rotatable bonds is 12. The Balaban J connectivity index is 2.00. The summed E-state index contributed by atoms with van der Waals surface area (Å²) in [5.41, 5.74) is 7.49. The molecule has 4 N–H and O–H groups in total. The normalized spacial score (nSPS) is 12.4. The van der Waals surface area contributed by atoms with E-state index in [9.17, 15) is 24.0 Å². The molecule has 0 aliphatic carbocycles. The van der Waals surface area contributed by atoms with Gasteiger partial charge < -0.3 is 21.0 Å². The van der Waals surface area contributed by atoms with Crippen LogP contribution in [0.5, 0.6) is 0 Å². The molecule has 3 aromatic rings. The zero-order valence-corrected chi connectivity index (χ0v) is 20.4. The van der Waals surface area contributed by atoms with Gasteiger partial charge in [0.1, 0.15) is 17.9 Å². The number of nitrogens with one attached hydrogen (secondary N) is 1. The maximum atomic E-state index is 13.7. The Bertz CT molecular complexity index is 1340. The van der Waals surface area contributed by atoms with Crippen LogP contribution in [0.4, 0.5) is 5.69 Å². The van der Waals surface area contributed by atoms with Gasteiger partial charge in [0.05, 0.1) is 12.5 Å². The summed E-state index contributed by atoms with van der Waals surface area (Å²) in [7, 11) is 0. The maximum absolute atomic E-state index is 13.7. The van der Waals surface area contributed by atoms with Gasteiger partial charge in [0, 0.05) is 24.2 Å². The monoisotopic (exact) mass is 503 g/mol. The van der Waals surface area contributed by atoms with E-state index in [1.165, 1.54) is 17.6 Å². The minimum Gasteiger partial charge on any atom is -0.481 e. The highest BCUT2D eigenvalue weighted by Crippen LogP contribution is 2.20. The number of benzene rings is 2. The number of aldehydes is 1. The van der Waals surface area contributed by atoms with Gasteiger partial charge in [-0.05, 0) is 30.5 Å². The van der Waals surface area contributed by atoms with Crippen LogP contribution in [0.25, 0.3) is 0 Å². The summed E-state index contributed by atoms with van der Waals surface area (Å²) >= 11 is 0. The number of nitrogens with two attached hydrogens (primary N) is 1. The molecule has 0 spiro atoms. The number of aromatic nitrogens is 1. The summed E-state index contributed by atoms with van der Waals surface area (Å²) in [6.45, 7) is 1.45. The number of nitrogens with zero attached hydrogens (tertiary/aromatic N) is 1. The Morgan fingerprint density at radius 3 is 2.19 bits per heavy atom. The van der Waals surface area contributed by atoms with E-state index in [0.717, 1.165) is 11.1 Å². The van der Waals surface area contributed by atoms with Crippen molar-refractivity contribution in [2.24, 2.45) is 0 Å². The molecule has 0 aliphatic rings. The van der Waals surface area contributed by atoms with Crippen molar-refractivity contribution in [3.05, 3.63) is 99.5 Å². The van der Waals surface area contributed by atoms with Crippen molar-refractivity contribution in [1.82, 2.24) is 9.88 Å². The van der Waals surface area contributed by atoms with Crippen molar-refractivity contribution in [3.8, 4) is 0 Å². The predicted molar refractivity (Wildman–Crippen MR) is 138 cm³/mol. The summed E-state index contributed by atoms with van der Waals surface area (Å²) in [5.74, 6) is -2.44. The van der Waals surface area contributed by atoms with E-state index >= 15 is 0 Å². The third kappa shape index (κ3) is 7.00. The van der Waals surface area contributed by atoms with Crippen LogP contribution in [0.1, 0.15) is 53.0 Å². The van der Waals surface area contributed by atoms with Crippen LogP contribution >= 0.6 is 0 Å². The van der Waals surface area contributed by atoms with Gasteiger partial charge in [-0.3, -0.25) is 23.7 Å². The van der Waals surface area contributed by atoms with E-state index in [4.69, 9.17) is 10.8 Å². The lowest BCUT2D eigenvalue weighted by atomic mass is 10.00. The Hall–Kier alpha value is -4.53. The SMILES string of the molecule is CC(C(=O)NC(C=O)CC(=O)O)n1c(Cc2ccccc2)cc(N)c(C(=O)CCc2ccccc2)c1=O. The number of nitrogen functional groups attached to an aromatic ring is 1. The van der Waals surface area contributed by atoms with Crippen LogP contribution in [-0.2, 0) is 27.2 Å². The number of pyridine rings is 1. The Morgan fingerprint density at radius 2 is 1.62 bits per heavy atom. The number of Topliss-reactive ketones (excluding diaryl/α,β-unsaturated/α-hetero) is 1. The molecule has 0 aliphatic heterocycles. The molecule has 3 rings (SSSR count). The van der Waals surface area contributed by atoms with Crippen LogP contribution in [0.3, 0.4) is 0 Å². The van der Waals surface area contributed by atoms with E-state index in [1.807, 2.05) is 60.7 Å². The molecule has 192 valence electrons. The van der Waals surface area contributed by atoms with Crippen molar-refractivity contribution in [1.29, 1.82) is 0 Å². The molecule has 0 fully saturated rings. The number of amides is 1. The molecule has 2 unspecified atom stereocenters. The lowest BCUT2D eigenvalue weighted by molar-refractivity contribution is -0.139. The second-order valence-electron chi connectivity index (χ2n) is 8.74. The Morgan fingerprint density at radius 1 is 1.03 bits per heavy atom. The first-order chi connectivity index (χ1) is 17.7. The number of hydrogen-bond donors (Lipinski definition) is 3. The number of aryl methyl sites for hydroxylation is 1. The lowest BCUT2D eigenvalue weighted by Crippen LogP contribution is -2.44. The number of ketones is 1. The fourth-order valence-electron chi connectivity index (χ4n) is 4.11. The van der Waals surface area contributed by atoms with Crippen molar-refractivity contribution in [2.45, 2.75) is 44.7 Å². The van der Waals surface area contributed by atoms with Crippen LogP contribution in [0.2, 0.25) is 0 Å². The average Bonchev–Trinajstić information content (AvgIpc) is 2.87. The lowest BCUT2D eigenvalue weighted by Gasteiger charge is -2.23. The van der Waals surface area contributed by atoms with Crippen molar-refractivity contribution in [3.63, 3.8) is 0 Å². The predicted octanol–water partition coefficient (Wildman–Crippen LogP) is 2.56. The highest BCUT2D eigenvalue weighted by molar-refractivity contribution is 6.00. The molecule has 0 saturated heterocycles. The Labute approximate surface area is 213 Å². The maximum Gasteiger partial charge on any atom is 0.305 e. The first kappa shape index (κ1) is 27.1. The standard InChI is InChI=1S/C28H29N3O6/c1-18(27(36)30-21(17-32)15-25(34)35)31-22(14-20-10-6-3-7-11-20)16-23(29)26(28(31)37)24(33)13-12-19-8-4-2-5-9-19/h2-11,16-18,21H,12-15,29H2,1H3,(H,30,36)(H,34,35). The van der Waals surface area contributed by atoms with E-state index < -0.39 is 41.7 Å². The average molecular weight is 504 g/mol. The fourth-order valence-corrected chi connectivity index (χ4v) is 4.11. The molecule has 2 aromatic carbocycles. The molecular formula is C28H29N3O6. The first-order valence-corrected chi connectivity index (χ1v) is 11.8. The molecule has 2 atom stereocenters. The number of anilines is 1. The van der Waals surface area contributed by atoms with Crippen LogP contribution in [0, 0.1) is 0 Å². The molecule has 0 radical (unpaired) electrons. The number of carboxylic acid groups (broad SMARTS) is 1. The summed E-state index contributed by atoms with van der Waals surface area (Å²) in [5, 5.41) is 11.3. The Kier molecular flexibility index (Phi) is 9.10. The topological polar surface area (TPSA) is 149 Å². The number of aliphatic carboxylic acids is 1. The van der Waals surface area contributed by atoms with Gasteiger partial charge >= 0.3 is 5.97 Å². The van der Waals surface area contributed by atoms with E-state index in [-0.39, 0.29) is 24.1 Å². The molecular weight excluding hydrogens is 474 g/mol. The van der Waals surface area contributed by atoms with Gasteiger partial charge in [0.25, 0.3) is 5.56 Å². The minimum atomic E-state index is -1.26. The molecule has 1 aromatic heterocycles. The van der Waals surface area contributed by atoms with Gasteiger partial charge in [-0.2, -0.15) is 0 Å². The highest BCUT2D eigenvalue weighted by Gasteiger charge is 2.27. The number of carbonyl (C=O) groups is 4.